The molecule has 4 nitrogen and oxygen atoms in total. The highest BCUT2D eigenvalue weighted by Gasteiger charge is 2.26. The molecular formula is C15H18N2O2. The number of H-pyrrole nitrogens is 1. The maximum atomic E-state index is 12.4. The zero-order chi connectivity index (χ0) is 13.2. The van der Waals surface area contributed by atoms with E-state index in [0.29, 0.717) is 6.54 Å². The van der Waals surface area contributed by atoms with Gasteiger partial charge in [0.1, 0.15) is 0 Å². The van der Waals surface area contributed by atoms with Gasteiger partial charge in [-0.15, -0.1) is 0 Å². The van der Waals surface area contributed by atoms with E-state index >= 15 is 0 Å². The van der Waals surface area contributed by atoms with Gasteiger partial charge >= 0.3 is 0 Å². The molecule has 1 unspecified atom stereocenters. The molecule has 19 heavy (non-hydrogen) atoms. The van der Waals surface area contributed by atoms with Gasteiger partial charge < -0.3 is 10.1 Å². The second-order valence-corrected chi connectivity index (χ2v) is 5.12. The number of Topliss-reactive ketones (excluding diaryl/α,β-unsaturated/α-hetero) is 1. The van der Waals surface area contributed by atoms with Crippen LogP contribution in [-0.2, 0) is 0 Å². The summed E-state index contributed by atoms with van der Waals surface area (Å²) in [6, 6.07) is 7.98. The lowest BCUT2D eigenvalue weighted by Gasteiger charge is -2.21. The summed E-state index contributed by atoms with van der Waals surface area (Å²) in [5, 5.41) is 10.3. The topological polar surface area (TPSA) is 56.3 Å². The smallest absolute Gasteiger partial charge is 0.178 e. The minimum atomic E-state index is 0.123. The average Bonchev–Trinajstić information content (AvgIpc) is 3.04. The van der Waals surface area contributed by atoms with Crippen molar-refractivity contribution >= 4 is 16.7 Å². The molecule has 2 heterocycles. The van der Waals surface area contributed by atoms with Gasteiger partial charge in [-0.3, -0.25) is 9.69 Å². The molecule has 0 radical (unpaired) electrons. The van der Waals surface area contributed by atoms with Crippen molar-refractivity contribution in [3.8, 4) is 0 Å². The Morgan fingerprint density at radius 3 is 3.11 bits per heavy atom. The zero-order valence-electron chi connectivity index (χ0n) is 10.8. The minimum Gasteiger partial charge on any atom is -0.395 e. The second kappa shape index (κ2) is 5.15. The van der Waals surface area contributed by atoms with Crippen molar-refractivity contribution in [2.45, 2.75) is 18.9 Å². The fourth-order valence-electron chi connectivity index (χ4n) is 2.88. The molecule has 100 valence electrons. The molecule has 0 amide bonds. The third kappa shape index (κ3) is 2.29. The van der Waals surface area contributed by atoms with Crippen molar-refractivity contribution in [1.29, 1.82) is 0 Å². The number of aliphatic hydroxyl groups is 1. The van der Waals surface area contributed by atoms with Gasteiger partial charge in [0, 0.05) is 28.7 Å². The van der Waals surface area contributed by atoms with Crippen LogP contribution >= 0.6 is 0 Å². The average molecular weight is 258 g/mol. The highest BCUT2D eigenvalue weighted by Crippen LogP contribution is 2.21. The number of ketones is 1. The zero-order valence-corrected chi connectivity index (χ0v) is 10.8. The normalized spacial score (nSPS) is 20.2. The molecular weight excluding hydrogens is 240 g/mol. The van der Waals surface area contributed by atoms with E-state index in [-0.39, 0.29) is 18.4 Å². The molecule has 1 aliphatic rings. The molecule has 0 bridgehead atoms. The molecule has 1 aliphatic heterocycles. The number of para-hydroxylation sites is 1. The van der Waals surface area contributed by atoms with E-state index < -0.39 is 0 Å². The van der Waals surface area contributed by atoms with Gasteiger partial charge in [0.15, 0.2) is 5.78 Å². The lowest BCUT2D eigenvalue weighted by Crippen LogP contribution is -2.36. The van der Waals surface area contributed by atoms with Crippen LogP contribution in [0.2, 0.25) is 0 Å². The van der Waals surface area contributed by atoms with Gasteiger partial charge in [0.05, 0.1) is 13.2 Å². The maximum absolute atomic E-state index is 12.4. The lowest BCUT2D eigenvalue weighted by atomic mass is 10.1. The standard InChI is InChI=1S/C15H18N2O2/c18-10-11-4-3-7-17(11)9-15(19)13-8-16-14-6-2-1-5-12(13)14/h1-2,5-6,8,11,16,18H,3-4,7,9-10H2. The predicted molar refractivity (Wildman–Crippen MR) is 74.3 cm³/mol. The molecule has 0 aliphatic carbocycles. The minimum absolute atomic E-state index is 0.123. The van der Waals surface area contributed by atoms with E-state index in [9.17, 15) is 9.90 Å². The Morgan fingerprint density at radius 1 is 1.42 bits per heavy atom. The Hall–Kier alpha value is -1.65. The van der Waals surface area contributed by atoms with Gasteiger partial charge in [-0.1, -0.05) is 18.2 Å². The Bertz CT molecular complexity index is 591. The van der Waals surface area contributed by atoms with Crippen molar-refractivity contribution in [3.05, 3.63) is 36.0 Å². The molecule has 2 N–H and O–H groups in total. The van der Waals surface area contributed by atoms with Gasteiger partial charge in [0.2, 0.25) is 0 Å². The molecule has 1 aromatic carbocycles. The molecule has 0 spiro atoms. The number of rotatable bonds is 4. The number of aromatic nitrogens is 1. The van der Waals surface area contributed by atoms with E-state index in [1.807, 2.05) is 24.3 Å². The van der Waals surface area contributed by atoms with Crippen LogP contribution in [0, 0.1) is 0 Å². The van der Waals surface area contributed by atoms with Crippen LogP contribution in [0.5, 0.6) is 0 Å². The predicted octanol–water partition coefficient (Wildman–Crippen LogP) is 1.81. The van der Waals surface area contributed by atoms with Crippen molar-refractivity contribution in [2.24, 2.45) is 0 Å². The number of carbonyl (C=O) groups excluding carboxylic acids is 1. The van der Waals surface area contributed by atoms with Crippen molar-refractivity contribution in [2.75, 3.05) is 19.7 Å². The van der Waals surface area contributed by atoms with E-state index in [1.54, 1.807) is 6.20 Å². The van der Waals surface area contributed by atoms with Crippen LogP contribution in [0.4, 0.5) is 0 Å². The van der Waals surface area contributed by atoms with Crippen LogP contribution in [0.3, 0.4) is 0 Å². The summed E-state index contributed by atoms with van der Waals surface area (Å²) in [5.74, 6) is 0.123. The fourth-order valence-corrected chi connectivity index (χ4v) is 2.88. The Balaban J connectivity index is 1.80. The third-order valence-electron chi connectivity index (χ3n) is 3.95. The number of likely N-dealkylation sites (tertiary alicyclic amines) is 1. The highest BCUT2D eigenvalue weighted by atomic mass is 16.3. The van der Waals surface area contributed by atoms with E-state index in [4.69, 9.17) is 0 Å². The number of hydrogen-bond acceptors (Lipinski definition) is 3. The van der Waals surface area contributed by atoms with Crippen LogP contribution < -0.4 is 0 Å². The number of nitrogens with zero attached hydrogens (tertiary/aromatic N) is 1. The van der Waals surface area contributed by atoms with Crippen LogP contribution in [0.25, 0.3) is 10.9 Å². The monoisotopic (exact) mass is 258 g/mol. The Morgan fingerprint density at radius 2 is 2.26 bits per heavy atom. The summed E-state index contributed by atoms with van der Waals surface area (Å²) >= 11 is 0. The number of aromatic amines is 1. The number of nitrogens with one attached hydrogen (secondary N) is 1. The molecule has 3 rings (SSSR count). The second-order valence-electron chi connectivity index (χ2n) is 5.12. The number of fused-ring (bicyclic) bond motifs is 1. The van der Waals surface area contributed by atoms with Gasteiger partial charge in [-0.2, -0.15) is 0 Å². The molecule has 1 fully saturated rings. The molecule has 1 atom stereocenters. The SMILES string of the molecule is O=C(CN1CCCC1CO)c1c[nH]c2ccccc12. The first-order valence-electron chi connectivity index (χ1n) is 6.74. The summed E-state index contributed by atoms with van der Waals surface area (Å²) < 4.78 is 0. The molecule has 2 aromatic rings. The van der Waals surface area contributed by atoms with E-state index in [1.165, 1.54) is 0 Å². The number of hydrogen-bond donors (Lipinski definition) is 2. The first-order valence-corrected chi connectivity index (χ1v) is 6.74. The molecule has 1 saturated heterocycles. The first kappa shape index (κ1) is 12.4. The van der Waals surface area contributed by atoms with Crippen LogP contribution in [0.15, 0.2) is 30.5 Å². The molecule has 4 heteroatoms. The molecule has 0 saturated carbocycles. The summed E-state index contributed by atoms with van der Waals surface area (Å²) in [7, 11) is 0. The van der Waals surface area contributed by atoms with Crippen LogP contribution in [-0.4, -0.2) is 46.5 Å². The lowest BCUT2D eigenvalue weighted by molar-refractivity contribution is 0.0889. The van der Waals surface area contributed by atoms with Gasteiger partial charge in [-0.25, -0.2) is 0 Å². The molecule has 1 aromatic heterocycles. The fraction of sp³-hybridized carbons (Fsp3) is 0.400. The van der Waals surface area contributed by atoms with Crippen molar-refractivity contribution in [3.63, 3.8) is 0 Å². The maximum Gasteiger partial charge on any atom is 0.178 e. The number of aliphatic hydroxyl groups excluding tert-OH is 1. The first-order chi connectivity index (χ1) is 9.29. The van der Waals surface area contributed by atoms with Gasteiger partial charge in [-0.05, 0) is 25.5 Å². The quantitative estimate of drug-likeness (QED) is 0.822. The van der Waals surface area contributed by atoms with Gasteiger partial charge in [0.25, 0.3) is 0 Å². The Kier molecular flexibility index (Phi) is 3.36. The van der Waals surface area contributed by atoms with E-state index in [0.717, 1.165) is 35.9 Å². The largest absolute Gasteiger partial charge is 0.395 e. The summed E-state index contributed by atoms with van der Waals surface area (Å²) in [6.45, 7) is 1.44. The highest BCUT2D eigenvalue weighted by molar-refractivity contribution is 6.08. The summed E-state index contributed by atoms with van der Waals surface area (Å²) in [5.41, 5.74) is 1.74. The number of carbonyl (C=O) groups is 1. The van der Waals surface area contributed by atoms with Crippen molar-refractivity contribution < 1.29 is 9.90 Å². The summed E-state index contributed by atoms with van der Waals surface area (Å²) in [6.07, 6.45) is 3.83. The van der Waals surface area contributed by atoms with E-state index in [2.05, 4.69) is 9.88 Å². The number of benzene rings is 1. The summed E-state index contributed by atoms with van der Waals surface area (Å²) in [4.78, 5) is 17.6. The Labute approximate surface area is 112 Å². The van der Waals surface area contributed by atoms with Crippen LogP contribution in [0.1, 0.15) is 23.2 Å². The van der Waals surface area contributed by atoms with Crippen molar-refractivity contribution in [1.82, 2.24) is 9.88 Å². The third-order valence-corrected chi connectivity index (χ3v) is 3.95.